The molecule has 5 rings (SSSR count). The van der Waals surface area contributed by atoms with Gasteiger partial charge in [0.15, 0.2) is 5.82 Å². The van der Waals surface area contributed by atoms with E-state index in [4.69, 9.17) is 9.97 Å². The number of hydrogen-bond donors (Lipinski definition) is 1. The van der Waals surface area contributed by atoms with Crippen LogP contribution in [0.25, 0.3) is 11.4 Å². The molecule has 4 heterocycles. The van der Waals surface area contributed by atoms with Crippen LogP contribution in [-0.2, 0) is 19.5 Å². The summed E-state index contributed by atoms with van der Waals surface area (Å²) >= 11 is 0. The fourth-order valence-electron chi connectivity index (χ4n) is 4.42. The summed E-state index contributed by atoms with van der Waals surface area (Å²) in [5.74, 6) is 2.62. The average molecular weight is 374 g/mol. The SMILES string of the molecule is c1ccc(-c2nc3c(c(N4CCC[C@H](Cn5ccnc5)C4)n2)CCNC3)cc1. The Bertz CT molecular complexity index is 922. The molecule has 1 fully saturated rings. The monoisotopic (exact) mass is 374 g/mol. The van der Waals surface area contributed by atoms with Crippen LogP contribution in [0.3, 0.4) is 0 Å². The van der Waals surface area contributed by atoms with Gasteiger partial charge in [-0.05, 0) is 31.7 Å². The first-order chi connectivity index (χ1) is 13.9. The van der Waals surface area contributed by atoms with E-state index >= 15 is 0 Å². The lowest BCUT2D eigenvalue weighted by Gasteiger charge is -2.36. The van der Waals surface area contributed by atoms with Crippen molar-refractivity contribution < 1.29 is 0 Å². The van der Waals surface area contributed by atoms with Crippen molar-refractivity contribution in [3.05, 3.63) is 60.3 Å². The Morgan fingerprint density at radius 1 is 1.14 bits per heavy atom. The van der Waals surface area contributed by atoms with Crippen LogP contribution >= 0.6 is 0 Å². The molecule has 1 N–H and O–H groups in total. The van der Waals surface area contributed by atoms with Crippen molar-refractivity contribution in [2.45, 2.75) is 32.4 Å². The third-order valence-corrected chi connectivity index (χ3v) is 5.79. The van der Waals surface area contributed by atoms with Crippen LogP contribution in [0.5, 0.6) is 0 Å². The molecule has 2 aromatic heterocycles. The molecule has 0 unspecified atom stereocenters. The smallest absolute Gasteiger partial charge is 0.161 e. The number of imidazole rings is 1. The van der Waals surface area contributed by atoms with E-state index in [9.17, 15) is 0 Å². The molecule has 6 heteroatoms. The van der Waals surface area contributed by atoms with Crippen molar-refractivity contribution >= 4 is 5.82 Å². The Kier molecular flexibility index (Phi) is 4.79. The highest BCUT2D eigenvalue weighted by molar-refractivity contribution is 5.61. The molecule has 0 spiro atoms. The third-order valence-electron chi connectivity index (χ3n) is 5.79. The van der Waals surface area contributed by atoms with Crippen molar-refractivity contribution in [2.24, 2.45) is 5.92 Å². The van der Waals surface area contributed by atoms with Crippen LogP contribution in [0.4, 0.5) is 5.82 Å². The van der Waals surface area contributed by atoms with Gasteiger partial charge in [0.2, 0.25) is 0 Å². The molecule has 1 saturated heterocycles. The van der Waals surface area contributed by atoms with Crippen molar-refractivity contribution in [1.82, 2.24) is 24.8 Å². The van der Waals surface area contributed by atoms with Crippen LogP contribution < -0.4 is 10.2 Å². The van der Waals surface area contributed by atoms with Crippen LogP contribution in [0.2, 0.25) is 0 Å². The summed E-state index contributed by atoms with van der Waals surface area (Å²) in [5, 5.41) is 3.47. The maximum Gasteiger partial charge on any atom is 0.161 e. The van der Waals surface area contributed by atoms with E-state index in [-0.39, 0.29) is 0 Å². The molecule has 28 heavy (non-hydrogen) atoms. The predicted octanol–water partition coefficient (Wildman–Crippen LogP) is 2.90. The fourth-order valence-corrected chi connectivity index (χ4v) is 4.42. The number of rotatable bonds is 4. The molecule has 0 bridgehead atoms. The van der Waals surface area contributed by atoms with Crippen LogP contribution in [0.15, 0.2) is 49.1 Å². The van der Waals surface area contributed by atoms with E-state index in [1.807, 2.05) is 18.6 Å². The Labute approximate surface area is 165 Å². The van der Waals surface area contributed by atoms with Gasteiger partial charge in [0.25, 0.3) is 0 Å². The molecule has 144 valence electrons. The zero-order valence-electron chi connectivity index (χ0n) is 16.1. The predicted molar refractivity (Wildman–Crippen MR) is 110 cm³/mol. The normalized spacial score (nSPS) is 19.4. The molecule has 3 aromatic rings. The summed E-state index contributed by atoms with van der Waals surface area (Å²) in [6, 6.07) is 10.3. The first-order valence-corrected chi connectivity index (χ1v) is 10.2. The Balaban J connectivity index is 1.47. The minimum absolute atomic E-state index is 0.621. The van der Waals surface area contributed by atoms with E-state index in [1.165, 1.54) is 18.4 Å². The van der Waals surface area contributed by atoms with Gasteiger partial charge in [-0.15, -0.1) is 0 Å². The lowest BCUT2D eigenvalue weighted by molar-refractivity contribution is 0.364. The number of benzene rings is 1. The highest BCUT2D eigenvalue weighted by Crippen LogP contribution is 2.30. The summed E-state index contributed by atoms with van der Waals surface area (Å²) in [6.07, 6.45) is 9.31. The molecule has 2 aliphatic heterocycles. The topological polar surface area (TPSA) is 58.9 Å². The van der Waals surface area contributed by atoms with Gasteiger partial charge < -0.3 is 14.8 Å². The second kappa shape index (κ2) is 7.72. The molecule has 1 aromatic carbocycles. The van der Waals surface area contributed by atoms with E-state index in [0.717, 1.165) is 62.0 Å². The van der Waals surface area contributed by atoms with Crippen LogP contribution in [0.1, 0.15) is 24.1 Å². The summed E-state index contributed by atoms with van der Waals surface area (Å²) < 4.78 is 2.20. The summed E-state index contributed by atoms with van der Waals surface area (Å²) in [7, 11) is 0. The Morgan fingerprint density at radius 3 is 2.93 bits per heavy atom. The van der Waals surface area contributed by atoms with Gasteiger partial charge in [0.05, 0.1) is 12.0 Å². The standard InChI is InChI=1S/C22H26N6/c1-2-6-18(7-3-1)21-25-20-13-23-9-8-19(20)22(26-21)28-11-4-5-17(15-28)14-27-12-10-24-16-27/h1-3,6-7,10,12,16-17,23H,4-5,8-9,11,13-15H2/t17-/m1/s1. The van der Waals surface area contributed by atoms with Gasteiger partial charge in [-0.1, -0.05) is 30.3 Å². The molecule has 0 aliphatic carbocycles. The van der Waals surface area contributed by atoms with Crippen molar-refractivity contribution in [2.75, 3.05) is 24.5 Å². The lowest BCUT2D eigenvalue weighted by Crippen LogP contribution is -2.39. The molecule has 0 amide bonds. The number of piperidine rings is 1. The van der Waals surface area contributed by atoms with Gasteiger partial charge in [0.1, 0.15) is 5.82 Å². The molecule has 0 saturated carbocycles. The number of hydrogen-bond acceptors (Lipinski definition) is 5. The zero-order chi connectivity index (χ0) is 18.8. The van der Waals surface area contributed by atoms with Crippen molar-refractivity contribution in [3.63, 3.8) is 0 Å². The van der Waals surface area contributed by atoms with E-state index < -0.39 is 0 Å². The minimum atomic E-state index is 0.621. The first-order valence-electron chi connectivity index (χ1n) is 10.2. The van der Waals surface area contributed by atoms with E-state index in [2.05, 4.69) is 50.2 Å². The summed E-state index contributed by atoms with van der Waals surface area (Å²) in [5.41, 5.74) is 3.58. The second-order valence-corrected chi connectivity index (χ2v) is 7.80. The maximum absolute atomic E-state index is 5.08. The third kappa shape index (κ3) is 3.52. The Hall–Kier alpha value is -2.73. The van der Waals surface area contributed by atoms with Crippen molar-refractivity contribution in [1.29, 1.82) is 0 Å². The van der Waals surface area contributed by atoms with Gasteiger partial charge in [-0.3, -0.25) is 0 Å². The van der Waals surface area contributed by atoms with Gasteiger partial charge >= 0.3 is 0 Å². The second-order valence-electron chi connectivity index (χ2n) is 7.80. The molecule has 0 radical (unpaired) electrons. The first kappa shape index (κ1) is 17.4. The highest BCUT2D eigenvalue weighted by atomic mass is 15.2. The van der Waals surface area contributed by atoms with Crippen LogP contribution in [0, 0.1) is 5.92 Å². The number of anilines is 1. The van der Waals surface area contributed by atoms with Gasteiger partial charge in [-0.25, -0.2) is 15.0 Å². The Morgan fingerprint density at radius 2 is 2.07 bits per heavy atom. The molecular formula is C22H26N6. The zero-order valence-corrected chi connectivity index (χ0v) is 16.1. The summed E-state index contributed by atoms with van der Waals surface area (Å²) in [6.45, 7) is 4.98. The highest BCUT2D eigenvalue weighted by Gasteiger charge is 2.26. The number of nitrogens with zero attached hydrogens (tertiary/aromatic N) is 5. The maximum atomic E-state index is 5.08. The van der Waals surface area contributed by atoms with Crippen molar-refractivity contribution in [3.8, 4) is 11.4 Å². The minimum Gasteiger partial charge on any atom is -0.356 e. The molecule has 1 atom stereocenters. The van der Waals surface area contributed by atoms with Crippen LogP contribution in [-0.4, -0.2) is 39.2 Å². The quantitative estimate of drug-likeness (QED) is 0.761. The molecular weight excluding hydrogens is 348 g/mol. The van der Waals surface area contributed by atoms with Gasteiger partial charge in [-0.2, -0.15) is 0 Å². The lowest BCUT2D eigenvalue weighted by atomic mass is 9.96. The molecule has 2 aliphatic rings. The van der Waals surface area contributed by atoms with E-state index in [0.29, 0.717) is 5.92 Å². The largest absolute Gasteiger partial charge is 0.356 e. The summed E-state index contributed by atoms with van der Waals surface area (Å²) in [4.78, 5) is 16.7. The number of nitrogens with one attached hydrogen (secondary N) is 1. The average Bonchev–Trinajstić information content (AvgIpc) is 3.27. The van der Waals surface area contributed by atoms with E-state index in [1.54, 1.807) is 0 Å². The van der Waals surface area contributed by atoms with Gasteiger partial charge in [0, 0.05) is 49.7 Å². The number of aromatic nitrogens is 4. The molecule has 6 nitrogen and oxygen atoms in total. The fraction of sp³-hybridized carbons (Fsp3) is 0.409. The number of fused-ring (bicyclic) bond motifs is 1.